The Kier molecular flexibility index (Phi) is 5.68. The summed E-state index contributed by atoms with van der Waals surface area (Å²) in [6.07, 6.45) is 1.85. The van der Waals surface area contributed by atoms with Gasteiger partial charge in [-0.05, 0) is 47.2 Å². The first-order valence-electron chi connectivity index (χ1n) is 9.08. The molecule has 1 heterocycles. The number of urea groups is 1. The van der Waals surface area contributed by atoms with Crippen LogP contribution in [-0.4, -0.2) is 29.3 Å². The van der Waals surface area contributed by atoms with Crippen molar-refractivity contribution in [2.24, 2.45) is 0 Å². The van der Waals surface area contributed by atoms with E-state index in [-0.39, 0.29) is 17.9 Å². The molecule has 5 nitrogen and oxygen atoms in total. The second-order valence-electron chi connectivity index (χ2n) is 6.97. The lowest BCUT2D eigenvalue weighted by molar-refractivity contribution is -0.130. The average molecular weight is 380 g/mol. The third-order valence-corrected chi connectivity index (χ3v) is 4.64. The van der Waals surface area contributed by atoms with Gasteiger partial charge in [-0.1, -0.05) is 50.2 Å². The van der Waals surface area contributed by atoms with Crippen LogP contribution in [0.1, 0.15) is 36.5 Å². The van der Waals surface area contributed by atoms with Crippen LogP contribution in [0, 0.1) is 5.82 Å². The van der Waals surface area contributed by atoms with Gasteiger partial charge >= 0.3 is 6.03 Å². The fourth-order valence-electron chi connectivity index (χ4n) is 2.93. The molecule has 1 fully saturated rings. The molecule has 1 saturated heterocycles. The Labute approximate surface area is 162 Å². The lowest BCUT2D eigenvalue weighted by atomic mass is 10.0. The normalized spacial score (nSPS) is 16.1. The van der Waals surface area contributed by atoms with E-state index in [1.807, 2.05) is 24.3 Å². The number of carbonyl (C=O) groups excluding carboxylic acids is 3. The number of benzene rings is 2. The number of nitrogens with one attached hydrogen (secondary N) is 1. The summed E-state index contributed by atoms with van der Waals surface area (Å²) in [4.78, 5) is 38.0. The predicted molar refractivity (Wildman–Crippen MR) is 104 cm³/mol. The highest BCUT2D eigenvalue weighted by atomic mass is 19.1. The SMILES string of the molecule is CC(C)c1ccc(C=C2C(=O)NC(=O)N(CCc3ccc(F)cc3)C2=O)cc1. The number of hydrogen-bond acceptors (Lipinski definition) is 3. The second-order valence-corrected chi connectivity index (χ2v) is 6.97. The van der Waals surface area contributed by atoms with Gasteiger partial charge in [0.2, 0.25) is 0 Å². The Hall–Kier alpha value is -3.28. The van der Waals surface area contributed by atoms with Crippen LogP contribution >= 0.6 is 0 Å². The Bertz CT molecular complexity index is 931. The van der Waals surface area contributed by atoms with E-state index >= 15 is 0 Å². The smallest absolute Gasteiger partial charge is 0.273 e. The van der Waals surface area contributed by atoms with Crippen LogP contribution in [0.15, 0.2) is 54.1 Å². The maximum absolute atomic E-state index is 13.0. The first-order valence-corrected chi connectivity index (χ1v) is 9.08. The number of nitrogens with zero attached hydrogens (tertiary/aromatic N) is 1. The van der Waals surface area contributed by atoms with Gasteiger partial charge in [0.15, 0.2) is 0 Å². The molecule has 0 aromatic heterocycles. The minimum absolute atomic E-state index is 0.0870. The third-order valence-electron chi connectivity index (χ3n) is 4.64. The van der Waals surface area contributed by atoms with E-state index in [1.165, 1.54) is 18.2 Å². The predicted octanol–water partition coefficient (Wildman–Crippen LogP) is 3.65. The fourth-order valence-corrected chi connectivity index (χ4v) is 2.93. The number of carbonyl (C=O) groups is 3. The maximum atomic E-state index is 13.0. The largest absolute Gasteiger partial charge is 0.331 e. The lowest BCUT2D eigenvalue weighted by Gasteiger charge is -2.26. The molecule has 0 unspecified atom stereocenters. The van der Waals surface area contributed by atoms with Crippen LogP contribution in [0.4, 0.5) is 9.18 Å². The van der Waals surface area contributed by atoms with Gasteiger partial charge in [-0.2, -0.15) is 0 Å². The van der Waals surface area contributed by atoms with Crippen LogP contribution in [0.2, 0.25) is 0 Å². The molecular formula is C22H21FN2O3. The van der Waals surface area contributed by atoms with Gasteiger partial charge in [-0.25, -0.2) is 9.18 Å². The molecule has 6 heteroatoms. The zero-order chi connectivity index (χ0) is 20.3. The van der Waals surface area contributed by atoms with E-state index in [0.29, 0.717) is 17.9 Å². The summed E-state index contributed by atoms with van der Waals surface area (Å²) in [6, 6.07) is 12.7. The first-order chi connectivity index (χ1) is 13.3. The molecule has 3 rings (SSSR count). The Balaban J connectivity index is 1.78. The zero-order valence-corrected chi connectivity index (χ0v) is 15.7. The van der Waals surface area contributed by atoms with Crippen LogP contribution < -0.4 is 5.32 Å². The van der Waals surface area contributed by atoms with Crippen molar-refractivity contribution in [2.45, 2.75) is 26.2 Å². The molecule has 0 radical (unpaired) electrons. The molecule has 0 spiro atoms. The van der Waals surface area contributed by atoms with Crippen molar-refractivity contribution in [3.05, 3.63) is 76.6 Å². The summed E-state index contributed by atoms with van der Waals surface area (Å²) in [7, 11) is 0. The monoisotopic (exact) mass is 380 g/mol. The summed E-state index contributed by atoms with van der Waals surface area (Å²) in [5.74, 6) is -1.32. The number of amides is 4. The summed E-state index contributed by atoms with van der Waals surface area (Å²) in [6.45, 7) is 4.25. The van der Waals surface area contributed by atoms with Gasteiger partial charge in [0.05, 0.1) is 0 Å². The highest BCUT2D eigenvalue weighted by molar-refractivity contribution is 6.31. The van der Waals surface area contributed by atoms with E-state index in [4.69, 9.17) is 0 Å². The zero-order valence-electron chi connectivity index (χ0n) is 15.7. The maximum Gasteiger partial charge on any atom is 0.331 e. The fraction of sp³-hybridized carbons (Fsp3) is 0.227. The molecule has 0 saturated carbocycles. The average Bonchev–Trinajstić information content (AvgIpc) is 2.66. The Morgan fingerprint density at radius 1 is 1.00 bits per heavy atom. The number of barbiturate groups is 1. The van der Waals surface area contributed by atoms with Gasteiger partial charge in [0, 0.05) is 6.54 Å². The molecule has 28 heavy (non-hydrogen) atoms. The molecule has 1 aliphatic heterocycles. The van der Waals surface area contributed by atoms with E-state index < -0.39 is 17.8 Å². The van der Waals surface area contributed by atoms with Crippen molar-refractivity contribution in [3.63, 3.8) is 0 Å². The Morgan fingerprint density at radius 3 is 2.25 bits per heavy atom. The molecule has 4 amide bonds. The topological polar surface area (TPSA) is 66.5 Å². The quantitative estimate of drug-likeness (QED) is 0.636. The number of imide groups is 2. The molecular weight excluding hydrogens is 359 g/mol. The van der Waals surface area contributed by atoms with E-state index in [9.17, 15) is 18.8 Å². The number of halogens is 1. The highest BCUT2D eigenvalue weighted by Crippen LogP contribution is 2.19. The number of hydrogen-bond donors (Lipinski definition) is 1. The Morgan fingerprint density at radius 2 is 1.64 bits per heavy atom. The molecule has 2 aromatic rings. The molecule has 2 aromatic carbocycles. The van der Waals surface area contributed by atoms with Gasteiger partial charge in [0.1, 0.15) is 11.4 Å². The van der Waals surface area contributed by atoms with E-state index in [0.717, 1.165) is 16.0 Å². The number of rotatable bonds is 5. The molecule has 1 N–H and O–H groups in total. The van der Waals surface area contributed by atoms with Gasteiger partial charge < -0.3 is 0 Å². The minimum atomic E-state index is -0.746. The second kappa shape index (κ2) is 8.17. The molecule has 144 valence electrons. The summed E-state index contributed by atoms with van der Waals surface area (Å²) >= 11 is 0. The lowest BCUT2D eigenvalue weighted by Crippen LogP contribution is -2.54. The van der Waals surface area contributed by atoms with Crippen LogP contribution in [-0.2, 0) is 16.0 Å². The first kappa shape index (κ1) is 19.5. The van der Waals surface area contributed by atoms with Crippen LogP contribution in [0.25, 0.3) is 6.08 Å². The highest BCUT2D eigenvalue weighted by Gasteiger charge is 2.35. The van der Waals surface area contributed by atoms with Crippen LogP contribution in [0.5, 0.6) is 0 Å². The van der Waals surface area contributed by atoms with Crippen molar-refractivity contribution in [1.82, 2.24) is 10.2 Å². The van der Waals surface area contributed by atoms with Gasteiger partial charge in [-0.15, -0.1) is 0 Å². The van der Waals surface area contributed by atoms with Crippen molar-refractivity contribution in [2.75, 3.05) is 6.54 Å². The summed E-state index contributed by atoms with van der Waals surface area (Å²) in [5.41, 5.74) is 2.55. The van der Waals surface area contributed by atoms with Crippen LogP contribution in [0.3, 0.4) is 0 Å². The molecule has 0 atom stereocenters. The summed E-state index contributed by atoms with van der Waals surface area (Å²) in [5, 5.41) is 2.20. The molecule has 1 aliphatic rings. The standard InChI is InChI=1S/C22H21FN2O3/c1-14(2)17-7-3-16(4-8-17)13-19-20(26)24-22(28)25(21(19)27)12-11-15-5-9-18(23)10-6-15/h3-10,13-14H,11-12H2,1-2H3,(H,24,26,28). The van der Waals surface area contributed by atoms with Gasteiger partial charge in [-0.3, -0.25) is 19.8 Å². The van der Waals surface area contributed by atoms with Gasteiger partial charge in [0.25, 0.3) is 11.8 Å². The van der Waals surface area contributed by atoms with E-state index in [2.05, 4.69) is 19.2 Å². The van der Waals surface area contributed by atoms with E-state index in [1.54, 1.807) is 12.1 Å². The summed E-state index contributed by atoms with van der Waals surface area (Å²) < 4.78 is 13.0. The van der Waals surface area contributed by atoms with Crippen molar-refractivity contribution >= 4 is 23.9 Å². The van der Waals surface area contributed by atoms with Crippen molar-refractivity contribution in [1.29, 1.82) is 0 Å². The third kappa shape index (κ3) is 4.34. The molecule has 0 bridgehead atoms. The minimum Gasteiger partial charge on any atom is -0.273 e. The molecule has 0 aliphatic carbocycles. The van der Waals surface area contributed by atoms with Crippen molar-refractivity contribution in [3.8, 4) is 0 Å². The van der Waals surface area contributed by atoms with Crippen molar-refractivity contribution < 1.29 is 18.8 Å².